The van der Waals surface area contributed by atoms with Crippen LogP contribution >= 0.6 is 0 Å². The Balaban J connectivity index is 1.81. The fourth-order valence-electron chi connectivity index (χ4n) is 5.36. The van der Waals surface area contributed by atoms with Crippen molar-refractivity contribution in [2.45, 2.75) is 62.8 Å². The Morgan fingerprint density at radius 1 is 0.640 bits per heavy atom. The van der Waals surface area contributed by atoms with Crippen LogP contribution in [-0.2, 0) is 5.41 Å². The first-order chi connectivity index (χ1) is 12.4. The molecule has 0 aromatic heterocycles. The summed E-state index contributed by atoms with van der Waals surface area (Å²) in [5, 5.41) is 0. The molecule has 1 aliphatic heterocycles. The molecule has 1 saturated heterocycles. The van der Waals surface area contributed by atoms with Gasteiger partial charge in [-0.25, -0.2) is 0 Å². The Bertz CT molecular complexity index is 636. The fraction of sp³-hybridized carbons (Fsp3) is 0.500. The molecule has 1 atom stereocenters. The second-order valence-electron chi connectivity index (χ2n) is 7.99. The van der Waals surface area contributed by atoms with E-state index in [1.165, 1.54) is 70.0 Å². The Labute approximate surface area is 153 Å². The van der Waals surface area contributed by atoms with Crippen molar-refractivity contribution in [3.63, 3.8) is 0 Å². The normalized spacial score (nSPS) is 22.4. The van der Waals surface area contributed by atoms with Gasteiger partial charge in [-0.1, -0.05) is 86.3 Å². The zero-order valence-electron chi connectivity index (χ0n) is 15.4. The average Bonchev–Trinajstić information content (AvgIpc) is 2.71. The number of hydrogen-bond acceptors (Lipinski definition) is 1. The molecule has 0 spiro atoms. The highest BCUT2D eigenvalue weighted by molar-refractivity contribution is 5.34. The summed E-state index contributed by atoms with van der Waals surface area (Å²) in [4.78, 5) is 2.82. The van der Waals surface area contributed by atoms with Crippen LogP contribution in [0, 0.1) is 0 Å². The molecule has 2 fully saturated rings. The molecule has 0 radical (unpaired) electrons. The van der Waals surface area contributed by atoms with Gasteiger partial charge in [-0.3, -0.25) is 4.90 Å². The summed E-state index contributed by atoms with van der Waals surface area (Å²) in [6.45, 7) is 2.52. The predicted molar refractivity (Wildman–Crippen MR) is 106 cm³/mol. The van der Waals surface area contributed by atoms with Crippen LogP contribution in [-0.4, -0.2) is 18.0 Å². The molecule has 25 heavy (non-hydrogen) atoms. The Morgan fingerprint density at radius 2 is 1.20 bits per heavy atom. The third-order valence-electron chi connectivity index (χ3n) is 6.49. The molecule has 0 amide bonds. The van der Waals surface area contributed by atoms with E-state index in [0.717, 1.165) is 0 Å². The highest BCUT2D eigenvalue weighted by Crippen LogP contribution is 2.51. The van der Waals surface area contributed by atoms with Gasteiger partial charge >= 0.3 is 0 Å². The van der Waals surface area contributed by atoms with E-state index in [9.17, 15) is 0 Å². The van der Waals surface area contributed by atoms with Gasteiger partial charge in [0, 0.05) is 11.5 Å². The van der Waals surface area contributed by atoms with E-state index in [2.05, 4.69) is 65.6 Å². The number of likely N-dealkylation sites (tertiary alicyclic amines) is 1. The molecule has 4 rings (SSSR count). The lowest BCUT2D eigenvalue weighted by molar-refractivity contribution is 0.0700. The Hall–Kier alpha value is -1.60. The summed E-state index contributed by atoms with van der Waals surface area (Å²) in [6.07, 6.45) is 10.9. The summed E-state index contributed by atoms with van der Waals surface area (Å²) in [5.41, 5.74) is 3.36. The molecule has 1 unspecified atom stereocenters. The first-order valence-corrected chi connectivity index (χ1v) is 10.2. The molecule has 132 valence electrons. The lowest BCUT2D eigenvalue weighted by Gasteiger charge is -2.50. The lowest BCUT2D eigenvalue weighted by atomic mass is 9.62. The molecule has 1 heterocycles. The molecule has 0 N–H and O–H groups in total. The quantitative estimate of drug-likeness (QED) is 0.652. The second kappa shape index (κ2) is 7.74. The summed E-state index contributed by atoms with van der Waals surface area (Å²) in [6, 6.07) is 23.3. The van der Waals surface area contributed by atoms with Crippen molar-refractivity contribution in [2.24, 2.45) is 0 Å². The summed E-state index contributed by atoms with van der Waals surface area (Å²) < 4.78 is 0. The maximum atomic E-state index is 2.82. The summed E-state index contributed by atoms with van der Waals surface area (Å²) >= 11 is 0. The summed E-state index contributed by atoms with van der Waals surface area (Å²) in [5.74, 6) is 0. The third kappa shape index (κ3) is 3.40. The van der Waals surface area contributed by atoms with Crippen LogP contribution in [0.2, 0.25) is 0 Å². The largest absolute Gasteiger partial charge is 0.295 e. The lowest BCUT2D eigenvalue weighted by Crippen LogP contribution is -2.47. The number of hydrogen-bond donors (Lipinski definition) is 0. The monoisotopic (exact) mass is 333 g/mol. The van der Waals surface area contributed by atoms with E-state index in [1.54, 1.807) is 5.56 Å². The second-order valence-corrected chi connectivity index (χ2v) is 7.99. The molecule has 2 aliphatic rings. The highest BCUT2D eigenvalue weighted by atomic mass is 15.2. The molecular weight excluding hydrogens is 302 g/mol. The van der Waals surface area contributed by atoms with Gasteiger partial charge in [-0.2, -0.15) is 0 Å². The van der Waals surface area contributed by atoms with Gasteiger partial charge in [-0.05, 0) is 49.9 Å². The minimum Gasteiger partial charge on any atom is -0.295 e. The average molecular weight is 334 g/mol. The molecule has 1 heteroatoms. The van der Waals surface area contributed by atoms with Gasteiger partial charge < -0.3 is 0 Å². The molecule has 1 nitrogen and oxygen atoms in total. The van der Waals surface area contributed by atoms with Gasteiger partial charge in [0.2, 0.25) is 0 Å². The van der Waals surface area contributed by atoms with Gasteiger partial charge in [0.25, 0.3) is 0 Å². The molecule has 1 aliphatic carbocycles. The zero-order chi connectivity index (χ0) is 17.0. The SMILES string of the molecule is c1ccc(C(N2CCCCC2)C2(c3ccccc3)CCCCC2)cc1. The first kappa shape index (κ1) is 16.8. The van der Waals surface area contributed by atoms with Crippen molar-refractivity contribution < 1.29 is 0 Å². The van der Waals surface area contributed by atoms with Gasteiger partial charge in [0.1, 0.15) is 0 Å². The predicted octanol–water partition coefficient (Wildman–Crippen LogP) is 6.12. The fourth-order valence-corrected chi connectivity index (χ4v) is 5.36. The molecular formula is C24H31N. The number of piperidine rings is 1. The molecule has 2 aromatic carbocycles. The van der Waals surface area contributed by atoms with E-state index in [1.807, 2.05) is 0 Å². The van der Waals surface area contributed by atoms with Crippen molar-refractivity contribution in [1.29, 1.82) is 0 Å². The van der Waals surface area contributed by atoms with Gasteiger partial charge in [-0.15, -0.1) is 0 Å². The zero-order valence-corrected chi connectivity index (χ0v) is 15.4. The van der Waals surface area contributed by atoms with Gasteiger partial charge in [0.05, 0.1) is 0 Å². The molecule has 1 saturated carbocycles. The highest BCUT2D eigenvalue weighted by Gasteiger charge is 2.44. The van der Waals surface area contributed by atoms with Crippen LogP contribution in [0.5, 0.6) is 0 Å². The van der Waals surface area contributed by atoms with Crippen LogP contribution in [0.15, 0.2) is 60.7 Å². The maximum Gasteiger partial charge on any atom is 0.0444 e. The number of benzene rings is 2. The van der Waals surface area contributed by atoms with Crippen molar-refractivity contribution in [1.82, 2.24) is 4.90 Å². The summed E-state index contributed by atoms with van der Waals surface area (Å²) in [7, 11) is 0. The van der Waals surface area contributed by atoms with Crippen LogP contribution < -0.4 is 0 Å². The van der Waals surface area contributed by atoms with Crippen molar-refractivity contribution in [2.75, 3.05) is 13.1 Å². The minimum atomic E-state index is 0.276. The van der Waals surface area contributed by atoms with E-state index in [-0.39, 0.29) is 5.41 Å². The number of nitrogens with zero attached hydrogens (tertiary/aromatic N) is 1. The Kier molecular flexibility index (Phi) is 5.22. The van der Waals surface area contributed by atoms with Crippen LogP contribution in [0.25, 0.3) is 0 Å². The third-order valence-corrected chi connectivity index (χ3v) is 6.49. The van der Waals surface area contributed by atoms with Crippen LogP contribution in [0.3, 0.4) is 0 Å². The Morgan fingerprint density at radius 3 is 1.84 bits per heavy atom. The van der Waals surface area contributed by atoms with E-state index in [4.69, 9.17) is 0 Å². The smallest absolute Gasteiger partial charge is 0.0444 e. The van der Waals surface area contributed by atoms with E-state index in [0.29, 0.717) is 6.04 Å². The van der Waals surface area contributed by atoms with Crippen molar-refractivity contribution in [3.05, 3.63) is 71.8 Å². The van der Waals surface area contributed by atoms with Crippen molar-refractivity contribution in [3.8, 4) is 0 Å². The first-order valence-electron chi connectivity index (χ1n) is 10.2. The van der Waals surface area contributed by atoms with E-state index < -0.39 is 0 Å². The topological polar surface area (TPSA) is 3.24 Å². The molecule has 2 aromatic rings. The standard InChI is InChI=1S/C24H31N/c1-5-13-21(14-6-1)23(25-19-11-4-12-20-25)24(17-9-3-10-18-24)22-15-7-2-8-16-22/h1-2,5-8,13-16,23H,3-4,9-12,17-20H2. The van der Waals surface area contributed by atoms with Crippen LogP contribution in [0.4, 0.5) is 0 Å². The minimum absolute atomic E-state index is 0.276. The molecule has 0 bridgehead atoms. The number of rotatable bonds is 4. The van der Waals surface area contributed by atoms with Crippen LogP contribution in [0.1, 0.15) is 68.5 Å². The van der Waals surface area contributed by atoms with Gasteiger partial charge in [0.15, 0.2) is 0 Å². The van der Waals surface area contributed by atoms with E-state index >= 15 is 0 Å². The van der Waals surface area contributed by atoms with Crippen molar-refractivity contribution >= 4 is 0 Å². The maximum absolute atomic E-state index is 2.82.